The second kappa shape index (κ2) is 3.92. The summed E-state index contributed by atoms with van der Waals surface area (Å²) < 4.78 is 2.26. The molecule has 0 saturated heterocycles. The van der Waals surface area contributed by atoms with E-state index in [1.54, 1.807) is 0 Å². The quantitative estimate of drug-likeness (QED) is 0.753. The lowest BCUT2D eigenvalue weighted by molar-refractivity contribution is 0.346. The highest BCUT2D eigenvalue weighted by molar-refractivity contribution is 5.00. The first-order chi connectivity index (χ1) is 6.42. The zero-order valence-corrected chi connectivity index (χ0v) is 7.95. The Hall–Kier alpha value is -0.830. The van der Waals surface area contributed by atoms with E-state index in [1.807, 2.05) is 12.5 Å². The normalized spacial score (nSPS) is 19.2. The Balaban J connectivity index is 2.13. The van der Waals surface area contributed by atoms with E-state index in [9.17, 15) is 0 Å². The van der Waals surface area contributed by atoms with E-state index in [-0.39, 0.29) is 0 Å². The number of hydrogen-bond donors (Lipinski definition) is 1. The van der Waals surface area contributed by atoms with Crippen LogP contribution in [0.4, 0.5) is 0 Å². The third-order valence-corrected chi connectivity index (χ3v) is 2.92. The number of rotatable bonds is 2. The number of imidazole rings is 1. The molecule has 3 nitrogen and oxygen atoms in total. The summed E-state index contributed by atoms with van der Waals surface area (Å²) in [6.45, 7) is 0.608. The third kappa shape index (κ3) is 1.75. The van der Waals surface area contributed by atoms with E-state index in [1.165, 1.54) is 37.8 Å². The van der Waals surface area contributed by atoms with Crippen molar-refractivity contribution >= 4 is 0 Å². The van der Waals surface area contributed by atoms with Crippen LogP contribution in [-0.4, -0.2) is 9.55 Å². The first kappa shape index (κ1) is 8.75. The Morgan fingerprint density at radius 2 is 2.15 bits per heavy atom. The van der Waals surface area contributed by atoms with Crippen LogP contribution < -0.4 is 5.73 Å². The third-order valence-electron chi connectivity index (χ3n) is 2.92. The molecule has 2 rings (SSSR count). The van der Waals surface area contributed by atoms with Crippen molar-refractivity contribution < 1.29 is 0 Å². The lowest BCUT2D eigenvalue weighted by Crippen LogP contribution is -2.15. The van der Waals surface area contributed by atoms with Crippen molar-refractivity contribution in [2.45, 2.75) is 44.7 Å². The fourth-order valence-corrected chi connectivity index (χ4v) is 2.18. The number of nitrogens with zero attached hydrogens (tertiary/aromatic N) is 2. The van der Waals surface area contributed by atoms with Crippen molar-refractivity contribution in [1.82, 2.24) is 9.55 Å². The van der Waals surface area contributed by atoms with Crippen molar-refractivity contribution in [3.05, 3.63) is 18.2 Å². The fraction of sp³-hybridized carbons (Fsp3) is 0.700. The Bertz CT molecular complexity index is 261. The van der Waals surface area contributed by atoms with Gasteiger partial charge < -0.3 is 10.3 Å². The summed E-state index contributed by atoms with van der Waals surface area (Å²) in [5.74, 6) is 0. The summed E-state index contributed by atoms with van der Waals surface area (Å²) in [6, 6.07) is 0.662. The molecule has 72 valence electrons. The molecule has 3 heteroatoms. The van der Waals surface area contributed by atoms with Crippen LogP contribution in [-0.2, 0) is 6.54 Å². The number of hydrogen-bond acceptors (Lipinski definition) is 2. The van der Waals surface area contributed by atoms with Crippen molar-refractivity contribution in [1.29, 1.82) is 0 Å². The average molecular weight is 179 g/mol. The zero-order chi connectivity index (χ0) is 9.10. The lowest BCUT2D eigenvalue weighted by atomic mass is 9.95. The Morgan fingerprint density at radius 1 is 1.38 bits per heavy atom. The molecule has 0 spiro atoms. The van der Waals surface area contributed by atoms with Crippen LogP contribution in [0.1, 0.15) is 43.8 Å². The second-order valence-corrected chi connectivity index (χ2v) is 3.79. The minimum Gasteiger partial charge on any atom is -0.330 e. The maximum Gasteiger partial charge on any atom is 0.0951 e. The Labute approximate surface area is 79.0 Å². The van der Waals surface area contributed by atoms with Gasteiger partial charge in [0.2, 0.25) is 0 Å². The van der Waals surface area contributed by atoms with Gasteiger partial charge in [0, 0.05) is 18.8 Å². The minimum atomic E-state index is 0.608. The highest BCUT2D eigenvalue weighted by Crippen LogP contribution is 2.28. The summed E-state index contributed by atoms with van der Waals surface area (Å²) in [7, 11) is 0. The van der Waals surface area contributed by atoms with E-state index in [4.69, 9.17) is 5.73 Å². The minimum absolute atomic E-state index is 0.608. The molecule has 1 aromatic heterocycles. The molecule has 1 aliphatic carbocycles. The van der Waals surface area contributed by atoms with Gasteiger partial charge in [-0.1, -0.05) is 19.3 Å². The molecule has 0 bridgehead atoms. The summed E-state index contributed by atoms with van der Waals surface area (Å²) in [4.78, 5) is 4.15. The summed E-state index contributed by atoms with van der Waals surface area (Å²) >= 11 is 0. The van der Waals surface area contributed by atoms with Crippen LogP contribution in [0.15, 0.2) is 12.5 Å². The fourth-order valence-electron chi connectivity index (χ4n) is 2.18. The largest absolute Gasteiger partial charge is 0.330 e. The van der Waals surface area contributed by atoms with Crippen molar-refractivity contribution in [3.63, 3.8) is 0 Å². The first-order valence-corrected chi connectivity index (χ1v) is 5.12. The van der Waals surface area contributed by atoms with E-state index in [0.29, 0.717) is 12.6 Å². The maximum atomic E-state index is 5.64. The molecule has 0 aromatic carbocycles. The molecule has 0 radical (unpaired) electrons. The van der Waals surface area contributed by atoms with Gasteiger partial charge >= 0.3 is 0 Å². The molecule has 1 saturated carbocycles. The van der Waals surface area contributed by atoms with E-state index < -0.39 is 0 Å². The predicted octanol–water partition coefficient (Wildman–Crippen LogP) is 1.85. The van der Waals surface area contributed by atoms with Gasteiger partial charge in [-0.25, -0.2) is 4.98 Å². The SMILES string of the molecule is NCc1cncn1C1CCCCC1. The van der Waals surface area contributed by atoms with Crippen LogP contribution in [0.25, 0.3) is 0 Å². The Kier molecular flexibility index (Phi) is 2.64. The van der Waals surface area contributed by atoms with E-state index in [0.717, 1.165) is 0 Å². The van der Waals surface area contributed by atoms with Crippen LogP contribution in [0.2, 0.25) is 0 Å². The van der Waals surface area contributed by atoms with Gasteiger partial charge in [-0.15, -0.1) is 0 Å². The molecule has 0 amide bonds. The van der Waals surface area contributed by atoms with E-state index >= 15 is 0 Å². The predicted molar refractivity (Wildman–Crippen MR) is 52.2 cm³/mol. The van der Waals surface area contributed by atoms with Crippen LogP contribution >= 0.6 is 0 Å². The van der Waals surface area contributed by atoms with Crippen LogP contribution in [0, 0.1) is 0 Å². The number of aromatic nitrogens is 2. The van der Waals surface area contributed by atoms with Gasteiger partial charge in [-0.05, 0) is 12.8 Å². The molecule has 1 aliphatic rings. The van der Waals surface area contributed by atoms with Crippen molar-refractivity contribution in [2.24, 2.45) is 5.73 Å². The van der Waals surface area contributed by atoms with Gasteiger partial charge in [0.25, 0.3) is 0 Å². The lowest BCUT2D eigenvalue weighted by Gasteiger charge is -2.24. The molecule has 2 N–H and O–H groups in total. The molecule has 1 fully saturated rings. The maximum absolute atomic E-state index is 5.64. The van der Waals surface area contributed by atoms with Gasteiger partial charge in [0.05, 0.1) is 12.0 Å². The van der Waals surface area contributed by atoms with E-state index in [2.05, 4.69) is 9.55 Å². The Morgan fingerprint density at radius 3 is 2.85 bits per heavy atom. The summed E-state index contributed by atoms with van der Waals surface area (Å²) in [6.07, 6.45) is 10.5. The van der Waals surface area contributed by atoms with Crippen molar-refractivity contribution in [2.75, 3.05) is 0 Å². The zero-order valence-electron chi connectivity index (χ0n) is 7.95. The standard InChI is InChI=1S/C10H17N3/c11-6-10-7-12-8-13(10)9-4-2-1-3-5-9/h7-9H,1-6,11H2. The molecule has 0 aliphatic heterocycles. The highest BCUT2D eigenvalue weighted by Gasteiger charge is 2.16. The monoisotopic (exact) mass is 179 g/mol. The molecule has 0 atom stereocenters. The molecular formula is C10H17N3. The van der Waals surface area contributed by atoms with Crippen LogP contribution in [0.5, 0.6) is 0 Å². The van der Waals surface area contributed by atoms with Gasteiger partial charge in [0.1, 0.15) is 0 Å². The smallest absolute Gasteiger partial charge is 0.0951 e. The van der Waals surface area contributed by atoms with Gasteiger partial charge in [-0.2, -0.15) is 0 Å². The van der Waals surface area contributed by atoms with Crippen molar-refractivity contribution in [3.8, 4) is 0 Å². The molecule has 0 unspecified atom stereocenters. The summed E-state index contributed by atoms with van der Waals surface area (Å²) in [5.41, 5.74) is 6.81. The first-order valence-electron chi connectivity index (χ1n) is 5.12. The topological polar surface area (TPSA) is 43.8 Å². The number of nitrogens with two attached hydrogens (primary N) is 1. The molecule has 13 heavy (non-hydrogen) atoms. The van der Waals surface area contributed by atoms with Gasteiger partial charge in [0.15, 0.2) is 0 Å². The molecule has 1 heterocycles. The molecular weight excluding hydrogens is 162 g/mol. The van der Waals surface area contributed by atoms with Crippen LogP contribution in [0.3, 0.4) is 0 Å². The average Bonchev–Trinajstić information content (AvgIpc) is 2.67. The van der Waals surface area contributed by atoms with Gasteiger partial charge in [-0.3, -0.25) is 0 Å². The summed E-state index contributed by atoms with van der Waals surface area (Å²) in [5, 5.41) is 0. The highest BCUT2D eigenvalue weighted by atomic mass is 15.1. The molecule has 1 aromatic rings. The second-order valence-electron chi connectivity index (χ2n) is 3.79.